The van der Waals surface area contributed by atoms with Crippen LogP contribution in [0.2, 0.25) is 0 Å². The zero-order chi connectivity index (χ0) is 23.6. The van der Waals surface area contributed by atoms with E-state index in [-0.39, 0.29) is 11.3 Å². The molecule has 2 heterocycles. The summed E-state index contributed by atoms with van der Waals surface area (Å²) in [7, 11) is 0. The van der Waals surface area contributed by atoms with E-state index >= 15 is 0 Å². The second kappa shape index (κ2) is 9.23. The number of aryl methyl sites for hydroxylation is 2. The molecule has 0 unspecified atom stereocenters. The highest BCUT2D eigenvalue weighted by Crippen LogP contribution is 2.30. The molecule has 0 fully saturated rings. The first-order valence-corrected chi connectivity index (χ1v) is 11.6. The predicted molar refractivity (Wildman–Crippen MR) is 128 cm³/mol. The van der Waals surface area contributed by atoms with Crippen LogP contribution in [0.5, 0.6) is 0 Å². The minimum atomic E-state index is -0.212. The molecular weight excluding hydrogens is 436 g/mol. The summed E-state index contributed by atoms with van der Waals surface area (Å²) < 4.78 is 10.6. The molecule has 33 heavy (non-hydrogen) atoms. The number of hydrogen-bond donors (Lipinski definition) is 1. The summed E-state index contributed by atoms with van der Waals surface area (Å²) in [5, 5.41) is 11.0. The van der Waals surface area contributed by atoms with Crippen molar-refractivity contribution in [2.45, 2.75) is 50.7 Å². The van der Waals surface area contributed by atoms with Crippen LogP contribution in [0.3, 0.4) is 0 Å². The van der Waals surface area contributed by atoms with Crippen LogP contribution in [0.1, 0.15) is 54.0 Å². The fourth-order valence-corrected chi connectivity index (χ4v) is 4.39. The van der Waals surface area contributed by atoms with Crippen molar-refractivity contribution in [3.8, 4) is 11.4 Å². The molecule has 8 heteroatoms. The average molecular weight is 463 g/mol. The number of nitrogens with zero attached hydrogens (tertiary/aromatic N) is 3. The monoisotopic (exact) mass is 462 g/mol. The van der Waals surface area contributed by atoms with Gasteiger partial charge in [-0.05, 0) is 50.2 Å². The number of amides is 1. The van der Waals surface area contributed by atoms with Gasteiger partial charge < -0.3 is 14.4 Å². The SMILES string of the molecule is Cc1noc(C)c1CSc1ccccc1C(=O)Nc1ccc(-c2noc(C(C)(C)C)n2)cc1. The van der Waals surface area contributed by atoms with Crippen molar-refractivity contribution in [1.29, 1.82) is 0 Å². The topological polar surface area (TPSA) is 94.1 Å². The third-order valence-corrected chi connectivity index (χ3v) is 6.25. The maximum absolute atomic E-state index is 13.0. The van der Waals surface area contributed by atoms with E-state index in [0.29, 0.717) is 28.7 Å². The molecule has 0 aliphatic rings. The smallest absolute Gasteiger partial charge is 0.256 e. The Morgan fingerprint density at radius 2 is 1.73 bits per heavy atom. The van der Waals surface area contributed by atoms with E-state index in [1.165, 1.54) is 0 Å². The summed E-state index contributed by atoms with van der Waals surface area (Å²) in [6, 6.07) is 15.0. The van der Waals surface area contributed by atoms with E-state index < -0.39 is 0 Å². The molecule has 0 bridgehead atoms. The highest BCUT2D eigenvalue weighted by Gasteiger charge is 2.22. The molecule has 0 aliphatic carbocycles. The van der Waals surface area contributed by atoms with Gasteiger partial charge in [0.1, 0.15) is 5.76 Å². The van der Waals surface area contributed by atoms with Crippen molar-refractivity contribution in [2.24, 2.45) is 0 Å². The summed E-state index contributed by atoms with van der Waals surface area (Å²) in [5.41, 5.74) is 3.85. The van der Waals surface area contributed by atoms with E-state index in [1.54, 1.807) is 11.8 Å². The number of anilines is 1. The van der Waals surface area contributed by atoms with Gasteiger partial charge >= 0.3 is 0 Å². The number of nitrogens with one attached hydrogen (secondary N) is 1. The molecule has 0 radical (unpaired) electrons. The third-order valence-electron chi connectivity index (χ3n) is 5.15. The molecule has 2 aromatic carbocycles. The molecule has 4 rings (SSSR count). The van der Waals surface area contributed by atoms with Gasteiger partial charge in [-0.3, -0.25) is 4.79 Å². The normalized spacial score (nSPS) is 11.5. The van der Waals surface area contributed by atoms with Gasteiger partial charge in [0.2, 0.25) is 11.7 Å². The van der Waals surface area contributed by atoms with Gasteiger partial charge in [0.25, 0.3) is 5.91 Å². The molecule has 4 aromatic rings. The standard InChI is InChI=1S/C25H26N4O3S/c1-15-20(16(2)31-28-15)14-33-21-9-7-6-8-19(21)23(30)26-18-12-10-17(11-13-18)22-27-24(32-29-22)25(3,4)5/h6-13H,14H2,1-5H3,(H,26,30). The van der Waals surface area contributed by atoms with Crippen LogP contribution in [0, 0.1) is 13.8 Å². The lowest BCUT2D eigenvalue weighted by atomic mass is 9.97. The number of hydrogen-bond acceptors (Lipinski definition) is 7. The number of thioether (sulfide) groups is 1. The van der Waals surface area contributed by atoms with Crippen LogP contribution in [-0.2, 0) is 11.2 Å². The van der Waals surface area contributed by atoms with E-state index in [4.69, 9.17) is 9.05 Å². The largest absolute Gasteiger partial charge is 0.361 e. The molecule has 0 aliphatic heterocycles. The van der Waals surface area contributed by atoms with Gasteiger partial charge in [0, 0.05) is 32.9 Å². The molecule has 2 aromatic heterocycles. The van der Waals surface area contributed by atoms with Crippen molar-refractivity contribution in [3.05, 3.63) is 77.0 Å². The van der Waals surface area contributed by atoms with Crippen molar-refractivity contribution < 1.29 is 13.8 Å². The Bertz CT molecular complexity index is 1250. The van der Waals surface area contributed by atoms with E-state index in [1.807, 2.05) is 83.1 Å². The number of aromatic nitrogens is 3. The third kappa shape index (κ3) is 5.17. The number of benzene rings is 2. The highest BCUT2D eigenvalue weighted by molar-refractivity contribution is 7.98. The van der Waals surface area contributed by atoms with Gasteiger partial charge in [-0.15, -0.1) is 11.8 Å². The minimum absolute atomic E-state index is 0.167. The van der Waals surface area contributed by atoms with E-state index in [2.05, 4.69) is 20.6 Å². The lowest BCUT2D eigenvalue weighted by Gasteiger charge is -2.10. The fraction of sp³-hybridized carbons (Fsp3) is 0.280. The lowest BCUT2D eigenvalue weighted by molar-refractivity contribution is 0.102. The van der Waals surface area contributed by atoms with E-state index in [0.717, 1.165) is 27.5 Å². The Hall–Kier alpha value is -3.39. The van der Waals surface area contributed by atoms with Gasteiger partial charge in [-0.2, -0.15) is 4.98 Å². The van der Waals surface area contributed by atoms with Crippen molar-refractivity contribution in [2.75, 3.05) is 5.32 Å². The number of carbonyl (C=O) groups is 1. The average Bonchev–Trinajstić information content (AvgIpc) is 3.40. The second-order valence-electron chi connectivity index (χ2n) is 8.79. The quantitative estimate of drug-likeness (QED) is 0.342. The first-order valence-electron chi connectivity index (χ1n) is 10.6. The molecule has 170 valence electrons. The number of rotatable bonds is 6. The van der Waals surface area contributed by atoms with Crippen molar-refractivity contribution in [1.82, 2.24) is 15.3 Å². The summed E-state index contributed by atoms with van der Waals surface area (Å²) in [6.07, 6.45) is 0. The first-order chi connectivity index (χ1) is 15.7. The number of carbonyl (C=O) groups excluding carboxylic acids is 1. The van der Waals surface area contributed by atoms with Crippen LogP contribution in [0.25, 0.3) is 11.4 Å². The van der Waals surface area contributed by atoms with Gasteiger partial charge in [-0.25, -0.2) is 0 Å². The van der Waals surface area contributed by atoms with Crippen molar-refractivity contribution in [3.63, 3.8) is 0 Å². The fourth-order valence-electron chi connectivity index (χ4n) is 3.18. The van der Waals surface area contributed by atoms with Crippen LogP contribution in [-0.4, -0.2) is 21.2 Å². The Morgan fingerprint density at radius 3 is 2.36 bits per heavy atom. The Balaban J connectivity index is 1.46. The van der Waals surface area contributed by atoms with Crippen LogP contribution < -0.4 is 5.32 Å². The highest BCUT2D eigenvalue weighted by atomic mass is 32.2. The Kier molecular flexibility index (Phi) is 6.37. The summed E-state index contributed by atoms with van der Waals surface area (Å²) in [5.74, 6) is 2.43. The lowest BCUT2D eigenvalue weighted by Crippen LogP contribution is -2.13. The second-order valence-corrected chi connectivity index (χ2v) is 9.81. The maximum Gasteiger partial charge on any atom is 0.256 e. The van der Waals surface area contributed by atoms with Crippen LogP contribution in [0.15, 0.2) is 62.5 Å². The summed E-state index contributed by atoms with van der Waals surface area (Å²) in [6.45, 7) is 9.89. The molecule has 0 spiro atoms. The predicted octanol–water partition coefficient (Wildman–Crippen LogP) is 6.18. The minimum Gasteiger partial charge on any atom is -0.361 e. The maximum atomic E-state index is 13.0. The molecule has 0 saturated carbocycles. The molecule has 0 atom stereocenters. The van der Waals surface area contributed by atoms with Gasteiger partial charge in [0.05, 0.1) is 11.3 Å². The molecule has 7 nitrogen and oxygen atoms in total. The Morgan fingerprint density at radius 1 is 1.00 bits per heavy atom. The molecule has 0 saturated heterocycles. The Labute approximate surface area is 197 Å². The van der Waals surface area contributed by atoms with Crippen LogP contribution >= 0.6 is 11.8 Å². The molecular formula is C25H26N4O3S. The zero-order valence-corrected chi connectivity index (χ0v) is 20.1. The summed E-state index contributed by atoms with van der Waals surface area (Å²) >= 11 is 1.59. The van der Waals surface area contributed by atoms with Gasteiger partial charge in [-0.1, -0.05) is 43.2 Å². The molecule has 1 amide bonds. The summed E-state index contributed by atoms with van der Waals surface area (Å²) in [4.78, 5) is 18.4. The molecule has 1 N–H and O–H groups in total. The van der Waals surface area contributed by atoms with Gasteiger partial charge in [0.15, 0.2) is 0 Å². The first kappa shape index (κ1) is 22.8. The van der Waals surface area contributed by atoms with E-state index in [9.17, 15) is 4.79 Å². The zero-order valence-electron chi connectivity index (χ0n) is 19.3. The van der Waals surface area contributed by atoms with Crippen LogP contribution in [0.4, 0.5) is 5.69 Å². The van der Waals surface area contributed by atoms with Crippen molar-refractivity contribution >= 4 is 23.4 Å².